The van der Waals surface area contributed by atoms with Crippen molar-refractivity contribution in [2.45, 2.75) is 39.5 Å². The fraction of sp³-hybridized carbons (Fsp3) is 0.500. The van der Waals surface area contributed by atoms with Gasteiger partial charge in [-0.15, -0.1) is 0 Å². The minimum atomic E-state index is -0.920. The molecule has 2 aliphatic rings. The molecule has 3 rings (SSSR count). The molecule has 1 aromatic heterocycles. The van der Waals surface area contributed by atoms with Crippen molar-refractivity contribution in [2.24, 2.45) is 13.0 Å². The van der Waals surface area contributed by atoms with Gasteiger partial charge in [0.1, 0.15) is 21.8 Å². The Morgan fingerprint density at radius 1 is 1.41 bits per heavy atom. The number of hydrogen-bond acceptors (Lipinski definition) is 7. The number of thiocarbonyl (C=S) groups is 1. The molecule has 10 heteroatoms. The second-order valence-electron chi connectivity index (χ2n) is 8.24. The van der Waals surface area contributed by atoms with Crippen LogP contribution in [0.4, 0.5) is 5.82 Å². The number of nitrogens with zero attached hydrogens (tertiary/aromatic N) is 4. The quantitative estimate of drug-likeness (QED) is 0.496. The fourth-order valence-electron chi connectivity index (χ4n) is 4.19. The summed E-state index contributed by atoms with van der Waals surface area (Å²) in [6.45, 7) is 5.72. The number of thioether (sulfide) groups is 1. The summed E-state index contributed by atoms with van der Waals surface area (Å²) in [7, 11) is 1.66. The topological polar surface area (TPSA) is 107 Å². The molecule has 0 aromatic carbocycles. The molecule has 170 valence electrons. The normalized spacial score (nSPS) is 20.2. The van der Waals surface area contributed by atoms with E-state index >= 15 is 0 Å². The molecule has 3 heterocycles. The highest BCUT2D eigenvalue weighted by Gasteiger charge is 2.33. The summed E-state index contributed by atoms with van der Waals surface area (Å²) in [6, 6.07) is 2.01. The maximum absolute atomic E-state index is 13.0. The lowest BCUT2D eigenvalue weighted by molar-refractivity contribution is -0.137. The molecule has 0 spiro atoms. The molecule has 0 radical (unpaired) electrons. The highest BCUT2D eigenvalue weighted by Crippen LogP contribution is 2.36. The van der Waals surface area contributed by atoms with Crippen LogP contribution in [0.2, 0.25) is 0 Å². The van der Waals surface area contributed by atoms with E-state index in [1.807, 2.05) is 6.07 Å². The second-order valence-corrected chi connectivity index (χ2v) is 9.91. The van der Waals surface area contributed by atoms with Gasteiger partial charge in [0, 0.05) is 38.7 Å². The fourth-order valence-corrected chi connectivity index (χ4v) is 5.48. The highest BCUT2D eigenvalue weighted by atomic mass is 32.2. The highest BCUT2D eigenvalue weighted by molar-refractivity contribution is 8.26. The van der Waals surface area contributed by atoms with Crippen LogP contribution >= 0.6 is 24.0 Å². The molecule has 2 aliphatic heterocycles. The second kappa shape index (κ2) is 9.88. The zero-order valence-corrected chi connectivity index (χ0v) is 20.0. The van der Waals surface area contributed by atoms with Crippen LogP contribution in [0, 0.1) is 24.2 Å². The lowest BCUT2D eigenvalue weighted by atomic mass is 9.98. The Bertz CT molecular complexity index is 1100. The molecule has 1 amide bonds. The molecule has 1 aromatic rings. The summed E-state index contributed by atoms with van der Waals surface area (Å²) in [6.07, 6.45) is 4.10. The monoisotopic (exact) mass is 474 g/mol. The molecule has 2 fully saturated rings. The Morgan fingerprint density at radius 3 is 2.75 bits per heavy atom. The number of carbonyl (C=O) groups excluding carboxylic acids is 1. The molecule has 32 heavy (non-hydrogen) atoms. The van der Waals surface area contributed by atoms with Crippen LogP contribution in [0.15, 0.2) is 9.70 Å². The van der Waals surface area contributed by atoms with Gasteiger partial charge in [-0.3, -0.25) is 23.9 Å². The maximum Gasteiger partial charge on any atom is 0.303 e. The van der Waals surface area contributed by atoms with Gasteiger partial charge in [-0.2, -0.15) is 5.26 Å². The van der Waals surface area contributed by atoms with Crippen molar-refractivity contribution < 1.29 is 14.7 Å². The van der Waals surface area contributed by atoms with E-state index in [4.69, 9.17) is 17.3 Å². The van der Waals surface area contributed by atoms with Crippen LogP contribution in [0.3, 0.4) is 0 Å². The molecule has 0 bridgehead atoms. The van der Waals surface area contributed by atoms with Crippen LogP contribution in [0.1, 0.15) is 49.3 Å². The van der Waals surface area contributed by atoms with E-state index in [1.165, 1.54) is 9.47 Å². The molecule has 1 N–H and O–H groups in total. The van der Waals surface area contributed by atoms with Gasteiger partial charge in [0.05, 0.1) is 4.91 Å². The van der Waals surface area contributed by atoms with E-state index in [0.29, 0.717) is 38.5 Å². The van der Waals surface area contributed by atoms with Gasteiger partial charge in [-0.1, -0.05) is 30.9 Å². The number of amides is 1. The van der Waals surface area contributed by atoms with Gasteiger partial charge < -0.3 is 10.0 Å². The van der Waals surface area contributed by atoms with Crippen molar-refractivity contribution in [1.82, 2.24) is 9.47 Å². The summed E-state index contributed by atoms with van der Waals surface area (Å²) in [5.41, 5.74) is 0.921. The number of pyridine rings is 1. The number of carboxylic acids is 1. The van der Waals surface area contributed by atoms with E-state index < -0.39 is 5.97 Å². The lowest BCUT2D eigenvalue weighted by Gasteiger charge is -2.35. The summed E-state index contributed by atoms with van der Waals surface area (Å²) < 4.78 is 1.88. The summed E-state index contributed by atoms with van der Waals surface area (Å²) in [5.74, 6) is -0.0318. The van der Waals surface area contributed by atoms with Crippen molar-refractivity contribution in [3.63, 3.8) is 0 Å². The smallest absolute Gasteiger partial charge is 0.303 e. The van der Waals surface area contributed by atoms with Crippen molar-refractivity contribution in [3.05, 3.63) is 31.9 Å². The molecule has 0 aliphatic carbocycles. The predicted molar refractivity (Wildman–Crippen MR) is 128 cm³/mol. The minimum Gasteiger partial charge on any atom is -0.481 e. The summed E-state index contributed by atoms with van der Waals surface area (Å²) in [5, 5.41) is 18.4. The third-order valence-electron chi connectivity index (χ3n) is 5.85. The van der Waals surface area contributed by atoms with Crippen molar-refractivity contribution >= 4 is 52.1 Å². The first-order valence-electron chi connectivity index (χ1n) is 10.5. The molecule has 0 saturated carbocycles. The van der Waals surface area contributed by atoms with E-state index in [0.717, 1.165) is 37.7 Å². The number of rotatable bonds is 6. The molecule has 1 unspecified atom stereocenters. The largest absolute Gasteiger partial charge is 0.481 e. The number of aromatic nitrogens is 1. The zero-order chi connectivity index (χ0) is 23.6. The van der Waals surface area contributed by atoms with E-state index in [1.54, 1.807) is 20.0 Å². The zero-order valence-electron chi connectivity index (χ0n) is 18.4. The van der Waals surface area contributed by atoms with E-state index in [2.05, 4.69) is 11.8 Å². The van der Waals surface area contributed by atoms with Crippen molar-refractivity contribution in [1.29, 1.82) is 5.26 Å². The third-order valence-corrected chi connectivity index (χ3v) is 7.22. The Morgan fingerprint density at radius 2 is 2.12 bits per heavy atom. The van der Waals surface area contributed by atoms with E-state index in [9.17, 15) is 19.6 Å². The SMILES string of the molecule is Cc1c(/C=C2\SC(=S)N(CCCC(=O)O)C2=O)c(N2CCCC(C)C2)n(C)c(=O)c1C#N. The predicted octanol–water partition coefficient (Wildman–Crippen LogP) is 2.87. The Kier molecular flexibility index (Phi) is 7.41. The Balaban J connectivity index is 2.06. The van der Waals surface area contributed by atoms with Gasteiger partial charge in [-0.25, -0.2) is 0 Å². The number of piperidine rings is 1. The molecule has 2 saturated heterocycles. The Labute approximate surface area is 196 Å². The van der Waals surface area contributed by atoms with Crippen LogP contribution < -0.4 is 10.5 Å². The molecule has 1 atom stereocenters. The first kappa shape index (κ1) is 24.0. The first-order chi connectivity index (χ1) is 15.1. The van der Waals surface area contributed by atoms with Gasteiger partial charge in [-0.05, 0) is 43.7 Å². The average molecular weight is 475 g/mol. The summed E-state index contributed by atoms with van der Waals surface area (Å²) in [4.78, 5) is 40.6. The van der Waals surface area contributed by atoms with Crippen LogP contribution in [0.25, 0.3) is 6.08 Å². The molecule has 8 nitrogen and oxygen atoms in total. The number of hydrogen-bond donors (Lipinski definition) is 1. The van der Waals surface area contributed by atoms with Crippen LogP contribution in [0.5, 0.6) is 0 Å². The van der Waals surface area contributed by atoms with Crippen molar-refractivity contribution in [3.8, 4) is 6.07 Å². The van der Waals surface area contributed by atoms with Crippen LogP contribution in [-0.2, 0) is 16.6 Å². The van der Waals surface area contributed by atoms with Crippen molar-refractivity contribution in [2.75, 3.05) is 24.5 Å². The van der Waals surface area contributed by atoms with Gasteiger partial charge in [0.15, 0.2) is 0 Å². The minimum absolute atomic E-state index is 0.0428. The van der Waals surface area contributed by atoms with Gasteiger partial charge in [0.2, 0.25) is 0 Å². The first-order valence-corrected chi connectivity index (χ1v) is 11.7. The number of carboxylic acid groups (broad SMARTS) is 1. The Hall–Kier alpha value is -2.64. The summed E-state index contributed by atoms with van der Waals surface area (Å²) >= 11 is 6.51. The number of aliphatic carboxylic acids is 1. The average Bonchev–Trinajstić information content (AvgIpc) is 2.99. The van der Waals surface area contributed by atoms with Crippen LogP contribution in [-0.4, -0.2) is 50.4 Å². The standard InChI is InChI=1S/C22H26N4O4S2/c1-13-6-4-8-25(12-13)19-15(14(2)16(11-23)20(29)24(19)3)10-17-21(30)26(22(31)32-17)9-5-7-18(27)28/h10,13H,4-9,12H2,1-3H3,(H,27,28)/b17-10-. The third kappa shape index (κ3) is 4.74. The van der Waals surface area contributed by atoms with E-state index in [-0.39, 0.29) is 30.0 Å². The molecular formula is C22H26N4O4S2. The van der Waals surface area contributed by atoms with Gasteiger partial charge in [0.25, 0.3) is 11.5 Å². The maximum atomic E-state index is 13.0. The van der Waals surface area contributed by atoms with Gasteiger partial charge >= 0.3 is 5.97 Å². The lowest BCUT2D eigenvalue weighted by Crippen LogP contribution is -2.39. The number of carbonyl (C=O) groups is 2. The number of anilines is 1. The molecular weight excluding hydrogens is 448 g/mol. The number of nitriles is 1.